The van der Waals surface area contributed by atoms with Crippen molar-refractivity contribution in [3.63, 3.8) is 0 Å². The third kappa shape index (κ3) is 3.07. The Hall–Kier alpha value is -1.35. The van der Waals surface area contributed by atoms with Crippen LogP contribution in [-0.2, 0) is 10.3 Å². The molecule has 0 aromatic heterocycles. The average Bonchev–Trinajstić information content (AvgIpc) is 3.14. The topological polar surface area (TPSA) is 55.1 Å². The lowest BCUT2D eigenvalue weighted by Gasteiger charge is -2.24. The van der Waals surface area contributed by atoms with Gasteiger partial charge in [0.25, 0.3) is 0 Å². The van der Waals surface area contributed by atoms with Crippen LogP contribution in [0.15, 0.2) is 30.3 Å². The lowest BCUT2D eigenvalue weighted by molar-refractivity contribution is -0.126. The summed E-state index contributed by atoms with van der Waals surface area (Å²) in [7, 11) is 0. The van der Waals surface area contributed by atoms with Gasteiger partial charge < -0.3 is 11.1 Å². The lowest BCUT2D eigenvalue weighted by Crippen LogP contribution is -2.49. The zero-order valence-corrected chi connectivity index (χ0v) is 10.3. The van der Waals surface area contributed by atoms with E-state index in [0.29, 0.717) is 0 Å². The van der Waals surface area contributed by atoms with Gasteiger partial charge in [0.1, 0.15) is 5.54 Å². The van der Waals surface area contributed by atoms with Crippen LogP contribution < -0.4 is 11.1 Å². The first-order chi connectivity index (χ1) is 8.10. The van der Waals surface area contributed by atoms with E-state index in [0.717, 1.165) is 24.4 Å². The quantitative estimate of drug-likeness (QED) is 0.813. The monoisotopic (exact) mass is 232 g/mol. The molecule has 0 aliphatic heterocycles. The molecule has 17 heavy (non-hydrogen) atoms. The Morgan fingerprint density at radius 1 is 1.41 bits per heavy atom. The normalized spacial score (nSPS) is 18.5. The molecule has 3 N–H and O–H groups in total. The van der Waals surface area contributed by atoms with Crippen molar-refractivity contribution in [2.75, 3.05) is 6.54 Å². The minimum Gasteiger partial charge on any atom is -0.354 e. The van der Waals surface area contributed by atoms with Gasteiger partial charge in [-0.05, 0) is 24.8 Å². The third-order valence-corrected chi connectivity index (χ3v) is 3.38. The van der Waals surface area contributed by atoms with Crippen LogP contribution in [0.1, 0.15) is 31.7 Å². The van der Waals surface area contributed by atoms with Gasteiger partial charge >= 0.3 is 0 Å². The summed E-state index contributed by atoms with van der Waals surface area (Å²) in [5.41, 5.74) is 6.01. The third-order valence-electron chi connectivity index (χ3n) is 3.38. The number of amides is 1. The summed E-state index contributed by atoms with van der Waals surface area (Å²) >= 11 is 0. The molecule has 1 atom stereocenters. The van der Waals surface area contributed by atoms with Gasteiger partial charge in [0.2, 0.25) is 5.91 Å². The maximum atomic E-state index is 12.0. The van der Waals surface area contributed by atoms with Gasteiger partial charge in [0, 0.05) is 6.54 Å². The molecule has 3 heteroatoms. The highest BCUT2D eigenvalue weighted by Gasteiger charge is 2.30. The number of nitrogens with two attached hydrogens (primary N) is 1. The van der Waals surface area contributed by atoms with E-state index in [1.54, 1.807) is 6.92 Å². The molecule has 1 aromatic carbocycles. The molecule has 0 heterocycles. The zero-order valence-electron chi connectivity index (χ0n) is 10.3. The van der Waals surface area contributed by atoms with Gasteiger partial charge in [-0.3, -0.25) is 4.79 Å². The van der Waals surface area contributed by atoms with Crippen molar-refractivity contribution < 1.29 is 4.79 Å². The van der Waals surface area contributed by atoms with E-state index >= 15 is 0 Å². The Morgan fingerprint density at radius 3 is 2.65 bits per heavy atom. The van der Waals surface area contributed by atoms with Gasteiger partial charge in [-0.15, -0.1) is 0 Å². The number of benzene rings is 1. The molecule has 1 aliphatic carbocycles. The maximum Gasteiger partial charge on any atom is 0.244 e. The number of carbonyl (C=O) groups is 1. The molecule has 92 valence electrons. The van der Waals surface area contributed by atoms with Crippen molar-refractivity contribution in [3.8, 4) is 0 Å². The first kappa shape index (κ1) is 12.1. The number of rotatable bonds is 5. The van der Waals surface area contributed by atoms with Crippen LogP contribution in [0, 0.1) is 5.92 Å². The van der Waals surface area contributed by atoms with Gasteiger partial charge in [0.05, 0.1) is 0 Å². The minimum atomic E-state index is -0.940. The number of nitrogens with one attached hydrogen (secondary N) is 1. The molecular weight excluding hydrogens is 212 g/mol. The Morgan fingerprint density at radius 2 is 2.06 bits per heavy atom. The second-order valence-electron chi connectivity index (χ2n) is 5.06. The molecule has 1 aromatic rings. The summed E-state index contributed by atoms with van der Waals surface area (Å²) in [6.45, 7) is 2.50. The largest absolute Gasteiger partial charge is 0.354 e. The lowest BCUT2D eigenvalue weighted by atomic mass is 9.92. The summed E-state index contributed by atoms with van der Waals surface area (Å²) in [4.78, 5) is 12.0. The molecule has 1 unspecified atom stereocenters. The van der Waals surface area contributed by atoms with E-state index < -0.39 is 5.54 Å². The molecule has 3 nitrogen and oxygen atoms in total. The van der Waals surface area contributed by atoms with E-state index in [4.69, 9.17) is 5.73 Å². The standard InChI is InChI=1S/C14H20N2O/c1-14(15,12-5-3-2-4-6-12)13(17)16-10-9-11-7-8-11/h2-6,11H,7-10,15H2,1H3,(H,16,17). The summed E-state index contributed by atoms with van der Waals surface area (Å²) < 4.78 is 0. The van der Waals surface area contributed by atoms with Gasteiger partial charge in [-0.25, -0.2) is 0 Å². The van der Waals surface area contributed by atoms with Crippen molar-refractivity contribution in [1.82, 2.24) is 5.32 Å². The Labute approximate surface area is 102 Å². The summed E-state index contributed by atoms with van der Waals surface area (Å²) in [6, 6.07) is 9.50. The van der Waals surface area contributed by atoms with E-state index in [2.05, 4.69) is 5.32 Å². The Balaban J connectivity index is 1.91. The second-order valence-corrected chi connectivity index (χ2v) is 5.06. The molecule has 0 saturated heterocycles. The fourth-order valence-electron chi connectivity index (χ4n) is 1.90. The first-order valence-electron chi connectivity index (χ1n) is 6.23. The number of hydrogen-bond acceptors (Lipinski definition) is 2. The van der Waals surface area contributed by atoms with Crippen LogP contribution in [0.2, 0.25) is 0 Å². The van der Waals surface area contributed by atoms with Crippen LogP contribution in [-0.4, -0.2) is 12.5 Å². The first-order valence-corrected chi connectivity index (χ1v) is 6.23. The minimum absolute atomic E-state index is 0.0932. The van der Waals surface area contributed by atoms with Crippen molar-refractivity contribution in [2.45, 2.75) is 31.7 Å². The molecule has 0 bridgehead atoms. The van der Waals surface area contributed by atoms with E-state index in [1.807, 2.05) is 30.3 Å². The van der Waals surface area contributed by atoms with Crippen LogP contribution in [0.3, 0.4) is 0 Å². The fourth-order valence-corrected chi connectivity index (χ4v) is 1.90. The fraction of sp³-hybridized carbons (Fsp3) is 0.500. The van der Waals surface area contributed by atoms with Gasteiger partial charge in [-0.2, -0.15) is 0 Å². The molecule has 1 fully saturated rings. The predicted molar refractivity (Wildman–Crippen MR) is 68.3 cm³/mol. The smallest absolute Gasteiger partial charge is 0.244 e. The summed E-state index contributed by atoms with van der Waals surface area (Å²) in [6.07, 6.45) is 3.71. The Kier molecular flexibility index (Phi) is 3.48. The van der Waals surface area contributed by atoms with Crippen molar-refractivity contribution in [1.29, 1.82) is 0 Å². The van der Waals surface area contributed by atoms with E-state index in [1.165, 1.54) is 12.8 Å². The van der Waals surface area contributed by atoms with Crippen LogP contribution >= 0.6 is 0 Å². The van der Waals surface area contributed by atoms with Crippen LogP contribution in [0.4, 0.5) is 0 Å². The van der Waals surface area contributed by atoms with E-state index in [9.17, 15) is 4.79 Å². The predicted octanol–water partition coefficient (Wildman–Crippen LogP) is 1.78. The average molecular weight is 232 g/mol. The molecule has 0 spiro atoms. The Bertz CT molecular complexity index is 382. The molecule has 1 saturated carbocycles. The molecular formula is C14H20N2O. The highest BCUT2D eigenvalue weighted by atomic mass is 16.2. The summed E-state index contributed by atoms with van der Waals surface area (Å²) in [5, 5.41) is 2.93. The van der Waals surface area contributed by atoms with Crippen molar-refractivity contribution >= 4 is 5.91 Å². The molecule has 0 radical (unpaired) electrons. The summed E-state index contributed by atoms with van der Waals surface area (Å²) in [5.74, 6) is 0.736. The number of hydrogen-bond donors (Lipinski definition) is 2. The SMILES string of the molecule is CC(N)(C(=O)NCCC1CC1)c1ccccc1. The van der Waals surface area contributed by atoms with Crippen molar-refractivity contribution in [3.05, 3.63) is 35.9 Å². The second kappa shape index (κ2) is 4.88. The maximum absolute atomic E-state index is 12.0. The number of carbonyl (C=O) groups excluding carboxylic acids is 1. The van der Waals surface area contributed by atoms with Crippen molar-refractivity contribution in [2.24, 2.45) is 11.7 Å². The zero-order chi connectivity index (χ0) is 12.3. The van der Waals surface area contributed by atoms with Crippen LogP contribution in [0.25, 0.3) is 0 Å². The van der Waals surface area contributed by atoms with E-state index in [-0.39, 0.29) is 5.91 Å². The van der Waals surface area contributed by atoms with Gasteiger partial charge in [0.15, 0.2) is 0 Å². The van der Waals surface area contributed by atoms with Crippen LogP contribution in [0.5, 0.6) is 0 Å². The van der Waals surface area contributed by atoms with Gasteiger partial charge in [-0.1, -0.05) is 43.2 Å². The highest BCUT2D eigenvalue weighted by Crippen LogP contribution is 2.31. The molecule has 2 rings (SSSR count). The highest BCUT2D eigenvalue weighted by molar-refractivity contribution is 5.86. The molecule has 1 aliphatic rings. The molecule has 1 amide bonds.